The van der Waals surface area contributed by atoms with Crippen molar-refractivity contribution in [3.63, 3.8) is 0 Å². The number of carbonyl (C=O) groups is 1. The van der Waals surface area contributed by atoms with Gasteiger partial charge in [0, 0.05) is 23.3 Å². The standard InChI is InChI=1S/C17H19BrN2O4/c1-22-14-7-12(13(18)9-15(14)23-2)8-16(21)20-10-11-4-5-19-17(6-11)24-3/h4-7,9H,8,10H2,1-3H3,(H,20,21). The molecule has 0 saturated carbocycles. The molecule has 0 spiro atoms. The molecular formula is C17H19BrN2O4. The molecule has 1 amide bonds. The number of rotatable bonds is 7. The Kier molecular flexibility index (Phi) is 6.43. The van der Waals surface area contributed by atoms with E-state index in [1.165, 1.54) is 0 Å². The number of halogens is 1. The first kappa shape index (κ1) is 18.1. The number of carbonyl (C=O) groups excluding carboxylic acids is 1. The molecule has 6 nitrogen and oxygen atoms in total. The van der Waals surface area contributed by atoms with Gasteiger partial charge in [-0.05, 0) is 29.3 Å². The summed E-state index contributed by atoms with van der Waals surface area (Å²) in [6, 6.07) is 7.19. The Balaban J connectivity index is 2.01. The summed E-state index contributed by atoms with van der Waals surface area (Å²) < 4.78 is 16.4. The van der Waals surface area contributed by atoms with Crippen molar-refractivity contribution in [3.8, 4) is 17.4 Å². The lowest BCUT2D eigenvalue weighted by molar-refractivity contribution is -0.120. The molecular weight excluding hydrogens is 376 g/mol. The van der Waals surface area contributed by atoms with E-state index >= 15 is 0 Å². The van der Waals surface area contributed by atoms with Gasteiger partial charge in [0.15, 0.2) is 11.5 Å². The molecule has 0 radical (unpaired) electrons. The van der Waals surface area contributed by atoms with Crippen molar-refractivity contribution in [1.29, 1.82) is 0 Å². The van der Waals surface area contributed by atoms with Gasteiger partial charge in [-0.2, -0.15) is 0 Å². The number of nitrogens with one attached hydrogen (secondary N) is 1. The third-order valence-electron chi connectivity index (χ3n) is 3.40. The van der Waals surface area contributed by atoms with Gasteiger partial charge in [-0.25, -0.2) is 4.98 Å². The maximum absolute atomic E-state index is 12.2. The van der Waals surface area contributed by atoms with Crippen LogP contribution in [0.4, 0.5) is 0 Å². The van der Waals surface area contributed by atoms with Gasteiger partial charge < -0.3 is 19.5 Å². The van der Waals surface area contributed by atoms with Gasteiger partial charge in [0.05, 0.1) is 27.8 Å². The van der Waals surface area contributed by atoms with E-state index in [2.05, 4.69) is 26.2 Å². The van der Waals surface area contributed by atoms with Crippen LogP contribution in [0.15, 0.2) is 34.9 Å². The lowest BCUT2D eigenvalue weighted by atomic mass is 10.1. The minimum atomic E-state index is -0.0984. The van der Waals surface area contributed by atoms with E-state index < -0.39 is 0 Å². The highest BCUT2D eigenvalue weighted by atomic mass is 79.9. The van der Waals surface area contributed by atoms with Gasteiger partial charge in [-0.1, -0.05) is 15.9 Å². The number of aromatic nitrogens is 1. The Morgan fingerprint density at radius 1 is 1.12 bits per heavy atom. The van der Waals surface area contributed by atoms with Crippen LogP contribution < -0.4 is 19.5 Å². The van der Waals surface area contributed by atoms with Gasteiger partial charge in [0.1, 0.15) is 0 Å². The van der Waals surface area contributed by atoms with Gasteiger partial charge in [-0.3, -0.25) is 4.79 Å². The van der Waals surface area contributed by atoms with Crippen LogP contribution in [0.3, 0.4) is 0 Å². The van der Waals surface area contributed by atoms with Crippen LogP contribution in [0.25, 0.3) is 0 Å². The summed E-state index contributed by atoms with van der Waals surface area (Å²) in [5, 5.41) is 2.88. The topological polar surface area (TPSA) is 69.7 Å². The smallest absolute Gasteiger partial charge is 0.224 e. The van der Waals surface area contributed by atoms with Crippen LogP contribution in [0.2, 0.25) is 0 Å². The summed E-state index contributed by atoms with van der Waals surface area (Å²) >= 11 is 3.45. The molecule has 1 aromatic heterocycles. The summed E-state index contributed by atoms with van der Waals surface area (Å²) in [5.74, 6) is 1.61. The summed E-state index contributed by atoms with van der Waals surface area (Å²) in [7, 11) is 4.69. The fourth-order valence-electron chi connectivity index (χ4n) is 2.14. The minimum Gasteiger partial charge on any atom is -0.493 e. The molecule has 2 aromatic rings. The molecule has 1 aromatic carbocycles. The Morgan fingerprint density at radius 3 is 2.50 bits per heavy atom. The first-order valence-electron chi connectivity index (χ1n) is 7.23. The van der Waals surface area contributed by atoms with E-state index in [4.69, 9.17) is 14.2 Å². The first-order chi connectivity index (χ1) is 11.6. The number of nitrogens with zero attached hydrogens (tertiary/aromatic N) is 1. The second-order valence-electron chi connectivity index (χ2n) is 4.96. The summed E-state index contributed by atoms with van der Waals surface area (Å²) in [5.41, 5.74) is 1.74. The number of pyridine rings is 1. The Bertz CT molecular complexity index is 722. The zero-order valence-corrected chi connectivity index (χ0v) is 15.3. The van der Waals surface area contributed by atoms with Crippen LogP contribution in [-0.4, -0.2) is 32.2 Å². The maximum atomic E-state index is 12.2. The van der Waals surface area contributed by atoms with E-state index in [0.717, 1.165) is 15.6 Å². The normalized spacial score (nSPS) is 10.2. The molecule has 0 fully saturated rings. The number of hydrogen-bond donors (Lipinski definition) is 1. The van der Waals surface area contributed by atoms with Gasteiger partial charge in [-0.15, -0.1) is 0 Å². The average Bonchev–Trinajstić information content (AvgIpc) is 2.61. The second kappa shape index (κ2) is 8.54. The van der Waals surface area contributed by atoms with Crippen molar-refractivity contribution in [2.75, 3.05) is 21.3 Å². The van der Waals surface area contributed by atoms with Crippen LogP contribution in [0.5, 0.6) is 17.4 Å². The first-order valence-corrected chi connectivity index (χ1v) is 8.02. The van der Waals surface area contributed by atoms with Crippen LogP contribution >= 0.6 is 15.9 Å². The van der Waals surface area contributed by atoms with E-state index in [9.17, 15) is 4.79 Å². The molecule has 0 unspecified atom stereocenters. The van der Waals surface area contributed by atoms with Crippen molar-refractivity contribution in [3.05, 3.63) is 46.1 Å². The van der Waals surface area contributed by atoms with Gasteiger partial charge in [0.25, 0.3) is 0 Å². The van der Waals surface area contributed by atoms with Crippen molar-refractivity contribution >= 4 is 21.8 Å². The molecule has 2 rings (SSSR count). The zero-order chi connectivity index (χ0) is 17.5. The van der Waals surface area contributed by atoms with Gasteiger partial charge in [0.2, 0.25) is 11.8 Å². The molecule has 1 heterocycles. The van der Waals surface area contributed by atoms with Crippen molar-refractivity contribution < 1.29 is 19.0 Å². The largest absolute Gasteiger partial charge is 0.493 e. The quantitative estimate of drug-likeness (QED) is 0.781. The third kappa shape index (κ3) is 4.61. The number of hydrogen-bond acceptors (Lipinski definition) is 5. The molecule has 0 saturated heterocycles. The van der Waals surface area contributed by atoms with Gasteiger partial charge >= 0.3 is 0 Å². The molecule has 0 atom stereocenters. The predicted octanol–water partition coefficient (Wildman–Crippen LogP) is 2.73. The molecule has 0 bridgehead atoms. The molecule has 7 heteroatoms. The van der Waals surface area contributed by atoms with E-state index in [-0.39, 0.29) is 12.3 Å². The number of benzene rings is 1. The fraction of sp³-hybridized carbons (Fsp3) is 0.294. The molecule has 128 valence electrons. The summed E-state index contributed by atoms with van der Waals surface area (Å²) in [6.07, 6.45) is 1.87. The zero-order valence-electron chi connectivity index (χ0n) is 13.8. The predicted molar refractivity (Wildman–Crippen MR) is 93.6 cm³/mol. The number of methoxy groups -OCH3 is 3. The fourth-order valence-corrected chi connectivity index (χ4v) is 2.60. The van der Waals surface area contributed by atoms with Crippen LogP contribution in [0, 0.1) is 0 Å². The van der Waals surface area contributed by atoms with Crippen LogP contribution in [-0.2, 0) is 17.8 Å². The van der Waals surface area contributed by atoms with Crippen molar-refractivity contribution in [1.82, 2.24) is 10.3 Å². The molecule has 24 heavy (non-hydrogen) atoms. The Labute approximate surface area is 149 Å². The molecule has 0 aliphatic rings. The highest BCUT2D eigenvalue weighted by Crippen LogP contribution is 2.33. The molecule has 0 aliphatic heterocycles. The SMILES string of the molecule is COc1cc(CNC(=O)Cc2cc(OC)c(OC)cc2Br)ccn1. The number of ether oxygens (including phenoxy) is 3. The number of amides is 1. The minimum absolute atomic E-state index is 0.0984. The lowest BCUT2D eigenvalue weighted by Gasteiger charge is -2.12. The summed E-state index contributed by atoms with van der Waals surface area (Å²) in [6.45, 7) is 0.405. The van der Waals surface area contributed by atoms with E-state index in [0.29, 0.717) is 23.9 Å². The van der Waals surface area contributed by atoms with Crippen LogP contribution in [0.1, 0.15) is 11.1 Å². The highest BCUT2D eigenvalue weighted by Gasteiger charge is 2.12. The third-order valence-corrected chi connectivity index (χ3v) is 4.14. The van der Waals surface area contributed by atoms with Crippen molar-refractivity contribution in [2.24, 2.45) is 0 Å². The average molecular weight is 395 g/mol. The van der Waals surface area contributed by atoms with E-state index in [1.807, 2.05) is 6.07 Å². The van der Waals surface area contributed by atoms with E-state index in [1.54, 1.807) is 45.7 Å². The monoisotopic (exact) mass is 394 g/mol. The molecule has 0 aliphatic carbocycles. The molecule has 1 N–H and O–H groups in total. The Hall–Kier alpha value is -2.28. The second-order valence-corrected chi connectivity index (χ2v) is 5.81. The van der Waals surface area contributed by atoms with Crippen molar-refractivity contribution in [2.45, 2.75) is 13.0 Å². The lowest BCUT2D eigenvalue weighted by Crippen LogP contribution is -2.24. The maximum Gasteiger partial charge on any atom is 0.224 e. The summed E-state index contributed by atoms with van der Waals surface area (Å²) in [4.78, 5) is 16.2. The Morgan fingerprint density at radius 2 is 1.83 bits per heavy atom. The highest BCUT2D eigenvalue weighted by molar-refractivity contribution is 9.10.